The van der Waals surface area contributed by atoms with Crippen molar-refractivity contribution in [1.82, 2.24) is 5.43 Å². The van der Waals surface area contributed by atoms with Crippen LogP contribution in [0.2, 0.25) is 0 Å². The Morgan fingerprint density at radius 3 is 2.53 bits per heavy atom. The number of benzene rings is 1. The third-order valence-corrected chi connectivity index (χ3v) is 4.30. The summed E-state index contributed by atoms with van der Waals surface area (Å²) < 4.78 is 26.7. The number of rotatable bonds is 4. The van der Waals surface area contributed by atoms with E-state index < -0.39 is 11.6 Å². The van der Waals surface area contributed by atoms with Gasteiger partial charge in [0.15, 0.2) is 0 Å². The van der Waals surface area contributed by atoms with Crippen LogP contribution >= 0.6 is 0 Å². The molecule has 0 radical (unpaired) electrons. The highest BCUT2D eigenvalue weighted by Gasteiger charge is 2.28. The lowest BCUT2D eigenvalue weighted by Crippen LogP contribution is -2.36. The van der Waals surface area contributed by atoms with E-state index in [0.29, 0.717) is 17.4 Å². The van der Waals surface area contributed by atoms with Crippen molar-refractivity contribution in [2.45, 2.75) is 45.1 Å². The molecular formula is C15H22F2N2. The lowest BCUT2D eigenvalue weighted by molar-refractivity contribution is 0.209. The molecule has 19 heavy (non-hydrogen) atoms. The van der Waals surface area contributed by atoms with E-state index in [2.05, 4.69) is 12.3 Å². The number of hydrazine groups is 1. The molecule has 1 fully saturated rings. The lowest BCUT2D eigenvalue weighted by atomic mass is 9.75. The second kappa shape index (κ2) is 6.44. The molecule has 106 valence electrons. The van der Waals surface area contributed by atoms with Gasteiger partial charge in [-0.2, -0.15) is 0 Å². The van der Waals surface area contributed by atoms with Crippen LogP contribution in [0.1, 0.15) is 50.6 Å². The number of nitrogens with one attached hydrogen (secondary N) is 1. The van der Waals surface area contributed by atoms with E-state index in [-0.39, 0.29) is 6.04 Å². The molecule has 1 aromatic carbocycles. The zero-order valence-electron chi connectivity index (χ0n) is 11.3. The van der Waals surface area contributed by atoms with Crippen molar-refractivity contribution in [3.05, 3.63) is 35.4 Å². The molecule has 2 rings (SSSR count). The Balaban J connectivity index is 2.18. The van der Waals surface area contributed by atoms with Crippen molar-refractivity contribution in [3.63, 3.8) is 0 Å². The summed E-state index contributed by atoms with van der Waals surface area (Å²) in [7, 11) is 0. The molecule has 1 saturated carbocycles. The van der Waals surface area contributed by atoms with Crippen molar-refractivity contribution >= 4 is 0 Å². The minimum absolute atomic E-state index is 0.167. The van der Waals surface area contributed by atoms with Gasteiger partial charge in [-0.15, -0.1) is 0 Å². The first-order valence-electron chi connectivity index (χ1n) is 7.06. The summed E-state index contributed by atoms with van der Waals surface area (Å²) in [5.74, 6) is 5.59. The Kier molecular flexibility index (Phi) is 4.88. The van der Waals surface area contributed by atoms with Gasteiger partial charge in [0, 0.05) is 12.1 Å². The van der Waals surface area contributed by atoms with E-state index in [4.69, 9.17) is 5.84 Å². The Labute approximate surface area is 113 Å². The molecule has 1 aliphatic carbocycles. The second-order valence-corrected chi connectivity index (χ2v) is 5.55. The molecule has 3 unspecified atom stereocenters. The van der Waals surface area contributed by atoms with Crippen LogP contribution in [0.4, 0.5) is 8.78 Å². The van der Waals surface area contributed by atoms with Crippen molar-refractivity contribution in [1.29, 1.82) is 0 Å². The van der Waals surface area contributed by atoms with E-state index in [1.165, 1.54) is 25.0 Å². The Morgan fingerprint density at radius 2 is 1.95 bits per heavy atom. The molecule has 2 nitrogen and oxygen atoms in total. The molecule has 0 heterocycles. The fraction of sp³-hybridized carbons (Fsp3) is 0.600. The van der Waals surface area contributed by atoms with Crippen LogP contribution in [0.25, 0.3) is 0 Å². The number of hydrogen-bond acceptors (Lipinski definition) is 2. The van der Waals surface area contributed by atoms with E-state index in [1.807, 2.05) is 0 Å². The number of nitrogens with two attached hydrogens (primary N) is 1. The molecule has 1 aromatic rings. The first-order chi connectivity index (χ1) is 9.13. The van der Waals surface area contributed by atoms with Gasteiger partial charge < -0.3 is 0 Å². The lowest BCUT2D eigenvalue weighted by Gasteiger charge is -2.34. The quantitative estimate of drug-likeness (QED) is 0.645. The molecular weight excluding hydrogens is 246 g/mol. The summed E-state index contributed by atoms with van der Waals surface area (Å²) in [5.41, 5.74) is 3.37. The topological polar surface area (TPSA) is 38.0 Å². The van der Waals surface area contributed by atoms with Crippen LogP contribution < -0.4 is 11.3 Å². The second-order valence-electron chi connectivity index (χ2n) is 5.55. The van der Waals surface area contributed by atoms with E-state index in [1.54, 1.807) is 0 Å². The SMILES string of the molecule is CCC1CCCC(C(NN)c2cc(F)cc(F)c2)C1. The van der Waals surface area contributed by atoms with E-state index in [0.717, 1.165) is 25.3 Å². The van der Waals surface area contributed by atoms with Crippen LogP contribution in [0.15, 0.2) is 18.2 Å². The minimum atomic E-state index is -0.543. The molecule has 0 aromatic heterocycles. The standard InChI is InChI=1S/C15H22F2N2/c1-2-10-4-3-5-11(6-10)15(19-18)12-7-13(16)9-14(17)8-12/h7-11,15,19H,2-6,18H2,1H3. The molecule has 0 bridgehead atoms. The van der Waals surface area contributed by atoms with Gasteiger partial charge in [-0.05, 0) is 42.4 Å². The van der Waals surface area contributed by atoms with E-state index in [9.17, 15) is 8.78 Å². The van der Waals surface area contributed by atoms with Gasteiger partial charge >= 0.3 is 0 Å². The van der Waals surface area contributed by atoms with Gasteiger partial charge in [0.2, 0.25) is 0 Å². The highest BCUT2D eigenvalue weighted by atomic mass is 19.1. The van der Waals surface area contributed by atoms with Gasteiger partial charge in [-0.1, -0.05) is 26.2 Å². The smallest absolute Gasteiger partial charge is 0.126 e. The molecule has 1 aliphatic rings. The average Bonchev–Trinajstić information content (AvgIpc) is 2.39. The zero-order valence-corrected chi connectivity index (χ0v) is 11.3. The Bertz CT molecular complexity index is 402. The molecule has 3 atom stereocenters. The van der Waals surface area contributed by atoms with Crippen LogP contribution in [0.5, 0.6) is 0 Å². The highest BCUT2D eigenvalue weighted by molar-refractivity contribution is 5.22. The molecule has 0 amide bonds. The molecule has 0 aliphatic heterocycles. The van der Waals surface area contributed by atoms with Crippen LogP contribution in [-0.2, 0) is 0 Å². The third-order valence-electron chi connectivity index (χ3n) is 4.30. The van der Waals surface area contributed by atoms with Gasteiger partial charge in [0.25, 0.3) is 0 Å². The molecule has 4 heteroatoms. The summed E-state index contributed by atoms with van der Waals surface area (Å²) >= 11 is 0. The predicted octanol–water partition coefficient (Wildman–Crippen LogP) is 3.69. The maximum atomic E-state index is 13.3. The van der Waals surface area contributed by atoms with Crippen LogP contribution in [0.3, 0.4) is 0 Å². The normalized spacial score (nSPS) is 25.3. The van der Waals surface area contributed by atoms with E-state index >= 15 is 0 Å². The maximum Gasteiger partial charge on any atom is 0.126 e. The third kappa shape index (κ3) is 3.51. The van der Waals surface area contributed by atoms with Crippen LogP contribution in [-0.4, -0.2) is 0 Å². The van der Waals surface area contributed by atoms with Gasteiger partial charge in [-0.25, -0.2) is 8.78 Å². The number of hydrogen-bond donors (Lipinski definition) is 2. The summed E-state index contributed by atoms with van der Waals surface area (Å²) in [5, 5.41) is 0. The van der Waals surface area contributed by atoms with Crippen molar-refractivity contribution in [2.24, 2.45) is 17.7 Å². The maximum absolute atomic E-state index is 13.3. The zero-order chi connectivity index (χ0) is 13.8. The van der Waals surface area contributed by atoms with Crippen molar-refractivity contribution in [2.75, 3.05) is 0 Å². The summed E-state index contributed by atoms with van der Waals surface area (Å²) in [4.78, 5) is 0. The van der Waals surface area contributed by atoms with Crippen molar-refractivity contribution < 1.29 is 8.78 Å². The Hall–Kier alpha value is -1.00. The summed E-state index contributed by atoms with van der Waals surface area (Å²) in [6.45, 7) is 2.19. The monoisotopic (exact) mass is 268 g/mol. The summed E-state index contributed by atoms with van der Waals surface area (Å²) in [6.07, 6.45) is 5.71. The largest absolute Gasteiger partial charge is 0.271 e. The number of halogens is 2. The first-order valence-corrected chi connectivity index (χ1v) is 7.06. The Morgan fingerprint density at radius 1 is 1.26 bits per heavy atom. The fourth-order valence-corrected chi connectivity index (χ4v) is 3.27. The average molecular weight is 268 g/mol. The van der Waals surface area contributed by atoms with Gasteiger partial charge in [-0.3, -0.25) is 11.3 Å². The molecule has 0 saturated heterocycles. The first kappa shape index (κ1) is 14.4. The summed E-state index contributed by atoms with van der Waals surface area (Å²) in [6, 6.07) is 3.48. The minimum Gasteiger partial charge on any atom is -0.271 e. The predicted molar refractivity (Wildman–Crippen MR) is 72.2 cm³/mol. The molecule has 0 spiro atoms. The van der Waals surface area contributed by atoms with Gasteiger partial charge in [0.05, 0.1) is 0 Å². The molecule has 3 N–H and O–H groups in total. The highest BCUT2D eigenvalue weighted by Crippen LogP contribution is 2.38. The van der Waals surface area contributed by atoms with Gasteiger partial charge in [0.1, 0.15) is 11.6 Å². The van der Waals surface area contributed by atoms with Crippen molar-refractivity contribution in [3.8, 4) is 0 Å². The van der Waals surface area contributed by atoms with Crippen LogP contribution in [0, 0.1) is 23.5 Å². The fourth-order valence-electron chi connectivity index (χ4n) is 3.27.